The first-order valence-electron chi connectivity index (χ1n) is 5.35. The fraction of sp³-hybridized carbons (Fsp3) is 0.400. The number of hydrogen-bond acceptors (Lipinski definition) is 6. The van der Waals surface area contributed by atoms with Crippen molar-refractivity contribution in [2.75, 3.05) is 25.1 Å². The van der Waals surface area contributed by atoms with Crippen LogP contribution in [0.2, 0.25) is 0 Å². The number of hydrogen-bond donors (Lipinski definition) is 2. The Morgan fingerprint density at radius 1 is 1.31 bits per heavy atom. The van der Waals surface area contributed by atoms with Crippen molar-refractivity contribution in [1.82, 2.24) is 25.8 Å². The molecule has 2 aliphatic heterocycles. The second kappa shape index (κ2) is 3.73. The van der Waals surface area contributed by atoms with E-state index < -0.39 is 0 Å². The average molecular weight is 218 g/mol. The maximum absolute atomic E-state index is 4.31. The monoisotopic (exact) mass is 218 g/mol. The summed E-state index contributed by atoms with van der Waals surface area (Å²) in [7, 11) is 2.01. The second-order valence-electron chi connectivity index (χ2n) is 3.88. The normalized spacial score (nSPS) is 20.3. The van der Waals surface area contributed by atoms with Gasteiger partial charge in [-0.05, 0) is 0 Å². The van der Waals surface area contributed by atoms with Gasteiger partial charge < -0.3 is 5.32 Å². The van der Waals surface area contributed by atoms with Gasteiger partial charge in [0.2, 0.25) is 0 Å². The predicted molar refractivity (Wildman–Crippen MR) is 59.9 cm³/mol. The zero-order valence-corrected chi connectivity index (χ0v) is 9.14. The number of likely N-dealkylation sites (N-methyl/N-ethyl adjacent to an activating group) is 1. The van der Waals surface area contributed by atoms with Crippen molar-refractivity contribution in [3.63, 3.8) is 0 Å². The molecule has 1 aromatic heterocycles. The van der Waals surface area contributed by atoms with Crippen LogP contribution < -0.4 is 15.9 Å². The number of nitrogens with zero attached hydrogens (tertiary/aromatic N) is 4. The van der Waals surface area contributed by atoms with E-state index in [0.29, 0.717) is 0 Å². The first-order valence-corrected chi connectivity index (χ1v) is 5.35. The number of aromatic nitrogens is 2. The molecule has 0 aromatic carbocycles. The summed E-state index contributed by atoms with van der Waals surface area (Å²) in [5.41, 5.74) is 5.82. The van der Waals surface area contributed by atoms with Gasteiger partial charge in [0.15, 0.2) is 5.82 Å². The molecule has 0 amide bonds. The molecule has 6 heteroatoms. The van der Waals surface area contributed by atoms with Crippen molar-refractivity contribution in [2.24, 2.45) is 0 Å². The maximum Gasteiger partial charge on any atom is 0.167 e. The highest BCUT2D eigenvalue weighted by Crippen LogP contribution is 2.26. The molecule has 84 valence electrons. The molecule has 0 unspecified atom stereocenters. The molecule has 0 atom stereocenters. The van der Waals surface area contributed by atoms with Crippen molar-refractivity contribution >= 4 is 5.82 Å². The molecule has 0 saturated carbocycles. The molecular weight excluding hydrogens is 204 g/mol. The maximum atomic E-state index is 4.31. The molecule has 2 aliphatic rings. The van der Waals surface area contributed by atoms with Gasteiger partial charge in [0.1, 0.15) is 0 Å². The highest BCUT2D eigenvalue weighted by molar-refractivity contribution is 5.46. The van der Waals surface area contributed by atoms with E-state index in [0.717, 1.165) is 25.3 Å². The lowest BCUT2D eigenvalue weighted by Gasteiger charge is -2.21. The summed E-state index contributed by atoms with van der Waals surface area (Å²) in [6.45, 7) is 1.90. The number of nitrogens with one attached hydrogen (secondary N) is 2. The van der Waals surface area contributed by atoms with E-state index in [2.05, 4.69) is 20.8 Å². The second-order valence-corrected chi connectivity index (χ2v) is 3.88. The topological polar surface area (TPSA) is 56.3 Å². The Morgan fingerprint density at radius 3 is 3.06 bits per heavy atom. The molecule has 16 heavy (non-hydrogen) atoms. The van der Waals surface area contributed by atoms with E-state index in [1.54, 1.807) is 18.6 Å². The molecule has 0 saturated heterocycles. The van der Waals surface area contributed by atoms with Gasteiger partial charge in [-0.25, -0.2) is 9.99 Å². The Balaban J connectivity index is 1.96. The smallest absolute Gasteiger partial charge is 0.167 e. The summed E-state index contributed by atoms with van der Waals surface area (Å²) in [6, 6.07) is 0. The fourth-order valence-electron chi connectivity index (χ4n) is 2.08. The molecule has 6 nitrogen and oxygen atoms in total. The van der Waals surface area contributed by atoms with E-state index in [1.165, 1.54) is 11.4 Å². The summed E-state index contributed by atoms with van der Waals surface area (Å²) in [4.78, 5) is 8.40. The molecule has 3 rings (SSSR count). The van der Waals surface area contributed by atoms with Crippen LogP contribution in [-0.4, -0.2) is 35.1 Å². The van der Waals surface area contributed by atoms with E-state index in [-0.39, 0.29) is 0 Å². The summed E-state index contributed by atoms with van der Waals surface area (Å²) in [6.07, 6.45) is 6.15. The third-order valence-corrected chi connectivity index (χ3v) is 2.87. The van der Waals surface area contributed by atoms with Crippen LogP contribution in [0.5, 0.6) is 0 Å². The lowest BCUT2D eigenvalue weighted by molar-refractivity contribution is 0.324. The molecule has 0 radical (unpaired) electrons. The Morgan fingerprint density at radius 2 is 2.25 bits per heavy atom. The third kappa shape index (κ3) is 1.43. The first-order chi connectivity index (χ1) is 7.86. The van der Waals surface area contributed by atoms with Gasteiger partial charge in [-0.3, -0.25) is 9.99 Å². The zero-order chi connectivity index (χ0) is 11.0. The van der Waals surface area contributed by atoms with Crippen LogP contribution in [0.4, 0.5) is 5.82 Å². The van der Waals surface area contributed by atoms with Gasteiger partial charge in [-0.2, -0.15) is 0 Å². The van der Waals surface area contributed by atoms with Gasteiger partial charge in [-0.1, -0.05) is 0 Å². The first kappa shape index (κ1) is 9.56. The number of anilines is 1. The summed E-state index contributed by atoms with van der Waals surface area (Å²) >= 11 is 0. The zero-order valence-electron chi connectivity index (χ0n) is 9.14. The van der Waals surface area contributed by atoms with Crippen LogP contribution in [0, 0.1) is 0 Å². The van der Waals surface area contributed by atoms with Crippen molar-refractivity contribution in [3.05, 3.63) is 30.0 Å². The SMILES string of the molecule is CN1NN(c2cnccn2)C2=C1CNCC2. The van der Waals surface area contributed by atoms with Gasteiger partial charge >= 0.3 is 0 Å². The fourth-order valence-corrected chi connectivity index (χ4v) is 2.08. The van der Waals surface area contributed by atoms with Gasteiger partial charge in [0.05, 0.1) is 17.6 Å². The van der Waals surface area contributed by atoms with Gasteiger partial charge in [0.25, 0.3) is 0 Å². The minimum Gasteiger partial charge on any atom is -0.311 e. The third-order valence-electron chi connectivity index (χ3n) is 2.87. The van der Waals surface area contributed by atoms with Crippen molar-refractivity contribution in [2.45, 2.75) is 6.42 Å². The largest absolute Gasteiger partial charge is 0.311 e. The summed E-state index contributed by atoms with van der Waals surface area (Å²) in [5.74, 6) is 0.834. The molecule has 0 aliphatic carbocycles. The van der Waals surface area contributed by atoms with E-state index in [4.69, 9.17) is 0 Å². The standard InChI is InChI=1S/C10H14N6/c1-15-9-6-11-3-2-8(9)16(14-15)10-7-12-4-5-13-10/h4-5,7,11,14H,2-3,6H2,1H3. The Bertz CT molecular complexity index is 415. The van der Waals surface area contributed by atoms with Crippen molar-refractivity contribution < 1.29 is 0 Å². The highest BCUT2D eigenvalue weighted by Gasteiger charge is 2.29. The molecule has 1 aromatic rings. The molecule has 0 spiro atoms. The Hall–Kier alpha value is -1.66. The molecular formula is C10H14N6. The number of rotatable bonds is 1. The van der Waals surface area contributed by atoms with E-state index in [1.807, 2.05) is 17.1 Å². The minimum atomic E-state index is 0.834. The van der Waals surface area contributed by atoms with Crippen molar-refractivity contribution in [3.8, 4) is 0 Å². The average Bonchev–Trinajstić information content (AvgIpc) is 2.69. The molecule has 3 heterocycles. The molecule has 0 fully saturated rings. The van der Waals surface area contributed by atoms with Crippen LogP contribution in [0.1, 0.15) is 6.42 Å². The lowest BCUT2D eigenvalue weighted by Crippen LogP contribution is -2.39. The van der Waals surface area contributed by atoms with E-state index in [9.17, 15) is 0 Å². The lowest BCUT2D eigenvalue weighted by atomic mass is 10.2. The van der Waals surface area contributed by atoms with Crippen LogP contribution in [-0.2, 0) is 0 Å². The van der Waals surface area contributed by atoms with Crippen LogP contribution in [0.15, 0.2) is 30.0 Å². The summed E-state index contributed by atoms with van der Waals surface area (Å²) < 4.78 is 0. The van der Waals surface area contributed by atoms with Crippen LogP contribution >= 0.6 is 0 Å². The van der Waals surface area contributed by atoms with E-state index >= 15 is 0 Å². The predicted octanol–water partition coefficient (Wildman–Crippen LogP) is -0.147. The van der Waals surface area contributed by atoms with Gasteiger partial charge in [-0.15, -0.1) is 5.53 Å². The number of hydrazine groups is 2. The van der Waals surface area contributed by atoms with Crippen LogP contribution in [0.3, 0.4) is 0 Å². The van der Waals surface area contributed by atoms with Gasteiger partial charge in [0, 0.05) is 39.0 Å². The molecule has 0 bridgehead atoms. The minimum absolute atomic E-state index is 0.834. The summed E-state index contributed by atoms with van der Waals surface area (Å²) in [5, 5.41) is 7.38. The Kier molecular flexibility index (Phi) is 2.23. The Labute approximate surface area is 93.9 Å². The van der Waals surface area contributed by atoms with Crippen LogP contribution in [0.25, 0.3) is 0 Å². The quantitative estimate of drug-likeness (QED) is 0.684. The van der Waals surface area contributed by atoms with Crippen molar-refractivity contribution in [1.29, 1.82) is 0 Å². The molecule has 2 N–H and O–H groups in total. The highest BCUT2D eigenvalue weighted by atomic mass is 15.8.